The number of para-hydroxylation sites is 1. The molecule has 0 atom stereocenters. The maximum atomic E-state index is 13.1. The summed E-state index contributed by atoms with van der Waals surface area (Å²) in [6, 6.07) is 13.1. The summed E-state index contributed by atoms with van der Waals surface area (Å²) >= 11 is 0. The number of aromatic nitrogens is 2. The van der Waals surface area contributed by atoms with E-state index in [1.165, 1.54) is 16.8 Å². The molecule has 1 aliphatic rings. The molecular formula is C24H26N4O6S. The van der Waals surface area contributed by atoms with Gasteiger partial charge in [0.1, 0.15) is 10.6 Å². The molecule has 1 heterocycles. The van der Waals surface area contributed by atoms with E-state index in [4.69, 9.17) is 4.74 Å². The van der Waals surface area contributed by atoms with Gasteiger partial charge in [0.25, 0.3) is 0 Å². The fourth-order valence-corrected chi connectivity index (χ4v) is 4.72. The molecule has 11 heteroatoms. The van der Waals surface area contributed by atoms with Crippen molar-refractivity contribution in [3.63, 3.8) is 0 Å². The summed E-state index contributed by atoms with van der Waals surface area (Å²) in [5, 5.41) is 16.5. The molecule has 3 aromatic rings. The zero-order valence-corrected chi connectivity index (χ0v) is 20.1. The lowest BCUT2D eigenvalue weighted by Gasteiger charge is -2.16. The number of carboxylic acid groups (broad SMARTS) is 1. The minimum atomic E-state index is -4.01. The Kier molecular flexibility index (Phi) is 6.90. The zero-order valence-electron chi connectivity index (χ0n) is 19.3. The number of amides is 1. The van der Waals surface area contributed by atoms with Gasteiger partial charge in [-0.3, -0.25) is 4.79 Å². The Morgan fingerprint density at radius 3 is 2.51 bits per heavy atom. The third-order valence-electron chi connectivity index (χ3n) is 5.47. The molecular weight excluding hydrogens is 472 g/mol. The molecule has 35 heavy (non-hydrogen) atoms. The molecule has 0 saturated heterocycles. The first-order chi connectivity index (χ1) is 16.7. The van der Waals surface area contributed by atoms with Crippen molar-refractivity contribution in [3.05, 3.63) is 59.8 Å². The predicted octanol–water partition coefficient (Wildman–Crippen LogP) is 3.71. The van der Waals surface area contributed by atoms with Crippen LogP contribution in [0.1, 0.15) is 42.2 Å². The first-order valence-electron chi connectivity index (χ1n) is 11.2. The Labute approximate surface area is 203 Å². The summed E-state index contributed by atoms with van der Waals surface area (Å²) in [6.07, 6.45) is 2.20. The van der Waals surface area contributed by atoms with Crippen LogP contribution in [0.3, 0.4) is 0 Å². The van der Waals surface area contributed by atoms with E-state index in [0.29, 0.717) is 17.8 Å². The fourth-order valence-electron chi connectivity index (χ4n) is 3.44. The van der Waals surface area contributed by atoms with Gasteiger partial charge in [0, 0.05) is 23.7 Å². The van der Waals surface area contributed by atoms with E-state index in [9.17, 15) is 23.1 Å². The van der Waals surface area contributed by atoms with Gasteiger partial charge in [-0.05, 0) is 56.5 Å². The second kappa shape index (κ2) is 9.88. The van der Waals surface area contributed by atoms with Gasteiger partial charge in [0.2, 0.25) is 21.8 Å². The van der Waals surface area contributed by atoms with E-state index >= 15 is 0 Å². The van der Waals surface area contributed by atoms with Crippen LogP contribution < -0.4 is 14.8 Å². The van der Waals surface area contributed by atoms with Crippen molar-refractivity contribution in [1.29, 1.82) is 0 Å². The second-order valence-corrected chi connectivity index (χ2v) is 9.99. The molecule has 0 unspecified atom stereocenters. The van der Waals surface area contributed by atoms with Crippen LogP contribution in [0.25, 0.3) is 5.69 Å². The number of nitrogens with zero attached hydrogens (tertiary/aromatic N) is 2. The number of benzene rings is 2. The van der Waals surface area contributed by atoms with Crippen molar-refractivity contribution in [1.82, 2.24) is 14.5 Å². The number of aromatic carboxylic acids is 1. The molecule has 3 N–H and O–H groups in total. The Morgan fingerprint density at radius 1 is 1.17 bits per heavy atom. The predicted molar refractivity (Wildman–Crippen MR) is 129 cm³/mol. The van der Waals surface area contributed by atoms with Crippen molar-refractivity contribution < 1.29 is 27.9 Å². The smallest absolute Gasteiger partial charge is 0.356 e. The molecule has 0 aliphatic heterocycles. The van der Waals surface area contributed by atoms with E-state index in [1.807, 2.05) is 6.92 Å². The van der Waals surface area contributed by atoms with Crippen LogP contribution >= 0.6 is 0 Å². The van der Waals surface area contributed by atoms with Crippen molar-refractivity contribution in [2.45, 2.75) is 38.0 Å². The van der Waals surface area contributed by atoms with Crippen LogP contribution in [-0.2, 0) is 14.8 Å². The largest absolute Gasteiger partial charge is 0.476 e. The van der Waals surface area contributed by atoms with Crippen LogP contribution in [0.4, 0.5) is 5.69 Å². The highest BCUT2D eigenvalue weighted by molar-refractivity contribution is 7.89. The molecule has 1 saturated carbocycles. The molecule has 0 radical (unpaired) electrons. The number of hydrogen-bond donors (Lipinski definition) is 3. The van der Waals surface area contributed by atoms with Crippen LogP contribution in [0.15, 0.2) is 53.4 Å². The first-order valence-corrected chi connectivity index (χ1v) is 12.7. The van der Waals surface area contributed by atoms with E-state index in [1.54, 1.807) is 43.3 Å². The van der Waals surface area contributed by atoms with Crippen molar-refractivity contribution >= 4 is 27.6 Å². The minimum Gasteiger partial charge on any atom is -0.476 e. The Hall–Kier alpha value is -3.70. The Balaban J connectivity index is 1.79. The first kappa shape index (κ1) is 24.4. The van der Waals surface area contributed by atoms with Gasteiger partial charge >= 0.3 is 5.97 Å². The number of carbonyl (C=O) groups excluding carboxylic acids is 1. The number of anilines is 1. The lowest BCUT2D eigenvalue weighted by molar-refractivity contribution is -0.117. The highest BCUT2D eigenvalue weighted by Gasteiger charge is 2.30. The molecule has 184 valence electrons. The molecule has 1 amide bonds. The summed E-state index contributed by atoms with van der Waals surface area (Å²) in [6.45, 7) is 3.59. The van der Waals surface area contributed by atoms with Crippen LogP contribution in [0, 0.1) is 12.8 Å². The molecule has 1 aliphatic carbocycles. The molecule has 1 aromatic heterocycles. The number of ether oxygens (including phenoxy) is 1. The number of nitrogens with one attached hydrogen (secondary N) is 2. The monoisotopic (exact) mass is 498 g/mol. The zero-order chi connectivity index (χ0) is 25.2. The van der Waals surface area contributed by atoms with Gasteiger partial charge in [-0.1, -0.05) is 25.1 Å². The third-order valence-corrected chi connectivity index (χ3v) is 6.95. The van der Waals surface area contributed by atoms with E-state index in [0.717, 1.165) is 12.8 Å². The lowest BCUT2D eigenvalue weighted by atomic mass is 10.2. The summed E-state index contributed by atoms with van der Waals surface area (Å²) in [7, 11) is -4.01. The number of sulfonamides is 1. The van der Waals surface area contributed by atoms with Gasteiger partial charge in [-0.15, -0.1) is 0 Å². The molecule has 0 bridgehead atoms. The van der Waals surface area contributed by atoms with Gasteiger partial charge in [-0.2, -0.15) is 9.78 Å². The minimum absolute atomic E-state index is 0.0323. The molecule has 4 rings (SSSR count). The quantitative estimate of drug-likeness (QED) is 0.387. The summed E-state index contributed by atoms with van der Waals surface area (Å²) in [5.74, 6) is -1.42. The highest BCUT2D eigenvalue weighted by atomic mass is 32.2. The van der Waals surface area contributed by atoms with Crippen LogP contribution in [-0.4, -0.2) is 41.7 Å². The van der Waals surface area contributed by atoms with Gasteiger partial charge in [-0.25, -0.2) is 17.9 Å². The van der Waals surface area contributed by atoms with Crippen molar-refractivity contribution in [2.24, 2.45) is 5.92 Å². The summed E-state index contributed by atoms with van der Waals surface area (Å²) in [5.41, 5.74) is 0.883. The summed E-state index contributed by atoms with van der Waals surface area (Å²) < 4.78 is 36.1. The van der Waals surface area contributed by atoms with E-state index in [2.05, 4.69) is 15.1 Å². The second-order valence-electron chi connectivity index (χ2n) is 8.26. The normalized spacial score (nSPS) is 13.4. The fraction of sp³-hybridized carbons (Fsp3) is 0.292. The van der Waals surface area contributed by atoms with E-state index < -0.39 is 16.0 Å². The van der Waals surface area contributed by atoms with Crippen molar-refractivity contribution in [3.8, 4) is 17.3 Å². The summed E-state index contributed by atoms with van der Waals surface area (Å²) in [4.78, 5) is 23.8. The highest BCUT2D eigenvalue weighted by Crippen LogP contribution is 2.36. The van der Waals surface area contributed by atoms with E-state index in [-0.39, 0.29) is 46.2 Å². The van der Waals surface area contributed by atoms with Crippen molar-refractivity contribution in [2.75, 3.05) is 11.9 Å². The SMILES string of the molecule is CCCNS(=O)(=O)c1cc(NC(=O)C2CC2)ccc1Oc1c(C)c(C(=O)O)nn1-c1ccccc1. The number of carbonyl (C=O) groups is 2. The maximum Gasteiger partial charge on any atom is 0.356 e. The average Bonchev–Trinajstić information content (AvgIpc) is 3.64. The number of hydrogen-bond acceptors (Lipinski definition) is 6. The van der Waals surface area contributed by atoms with Gasteiger partial charge < -0.3 is 15.2 Å². The molecule has 0 spiro atoms. The van der Waals surface area contributed by atoms with Crippen LogP contribution in [0.5, 0.6) is 11.6 Å². The lowest BCUT2D eigenvalue weighted by Crippen LogP contribution is -2.25. The standard InChI is InChI=1S/C24H26N4O6S/c1-3-13-25-35(32,33)20-14-17(26-22(29)16-9-10-16)11-12-19(20)34-23-15(2)21(24(30)31)27-28(23)18-7-5-4-6-8-18/h4-8,11-12,14,16,25H,3,9-10,13H2,1-2H3,(H,26,29)(H,30,31). The average molecular weight is 499 g/mol. The van der Waals surface area contributed by atoms with Crippen LogP contribution in [0.2, 0.25) is 0 Å². The number of rotatable bonds is 10. The molecule has 2 aromatic carbocycles. The van der Waals surface area contributed by atoms with Gasteiger partial charge in [0.05, 0.1) is 5.69 Å². The molecule has 1 fully saturated rings. The topological polar surface area (TPSA) is 140 Å². The van der Waals surface area contributed by atoms with Gasteiger partial charge in [0.15, 0.2) is 5.69 Å². The Bertz CT molecular complexity index is 1360. The number of carboxylic acids is 1. The Morgan fingerprint density at radius 2 is 1.89 bits per heavy atom. The molecule has 10 nitrogen and oxygen atoms in total. The maximum absolute atomic E-state index is 13.1. The third kappa shape index (κ3) is 5.36.